The number of morpholine rings is 1. The highest BCUT2D eigenvalue weighted by Crippen LogP contribution is 2.28. The molecule has 136 valence electrons. The van der Waals surface area contributed by atoms with Gasteiger partial charge in [0, 0.05) is 38.1 Å². The van der Waals surface area contributed by atoms with Crippen molar-refractivity contribution in [3.63, 3.8) is 0 Å². The number of hydrogen-bond donors (Lipinski definition) is 1. The molecule has 0 spiro atoms. The molecule has 0 bridgehead atoms. The van der Waals surface area contributed by atoms with Gasteiger partial charge in [-0.1, -0.05) is 6.07 Å². The maximum absolute atomic E-state index is 6.13. The van der Waals surface area contributed by atoms with Crippen molar-refractivity contribution in [1.29, 1.82) is 0 Å². The molecule has 0 radical (unpaired) electrons. The fourth-order valence-corrected chi connectivity index (χ4v) is 3.25. The van der Waals surface area contributed by atoms with Crippen molar-refractivity contribution in [2.45, 2.75) is 0 Å². The lowest BCUT2D eigenvalue weighted by molar-refractivity contribution is 0.0323. The van der Waals surface area contributed by atoms with Crippen LogP contribution >= 0.6 is 0 Å². The second-order valence-electron chi connectivity index (χ2n) is 6.34. The third-order valence-electron chi connectivity index (χ3n) is 4.73. The number of aromatic nitrogens is 2. The van der Waals surface area contributed by atoms with Crippen molar-refractivity contribution in [1.82, 2.24) is 14.5 Å². The zero-order valence-electron chi connectivity index (χ0n) is 15.0. The number of hydrogen-bond acceptors (Lipinski definition) is 5. The second-order valence-corrected chi connectivity index (χ2v) is 6.34. The van der Waals surface area contributed by atoms with Gasteiger partial charge < -0.3 is 14.8 Å². The van der Waals surface area contributed by atoms with Gasteiger partial charge >= 0.3 is 0 Å². The third-order valence-corrected chi connectivity index (χ3v) is 4.73. The van der Waals surface area contributed by atoms with Crippen LogP contribution in [0.2, 0.25) is 0 Å². The summed E-state index contributed by atoms with van der Waals surface area (Å²) in [5, 5.41) is 3.14. The maximum Gasteiger partial charge on any atom is 0.145 e. The number of fused-ring (bicyclic) bond motifs is 1. The highest BCUT2D eigenvalue weighted by atomic mass is 16.5. The van der Waals surface area contributed by atoms with Gasteiger partial charge in [0.1, 0.15) is 24.2 Å². The summed E-state index contributed by atoms with van der Waals surface area (Å²) in [6.45, 7) is 5.14. The lowest BCUT2D eigenvalue weighted by Gasteiger charge is -2.26. The van der Waals surface area contributed by atoms with Crippen LogP contribution in [0, 0.1) is 0 Å². The van der Waals surface area contributed by atoms with Crippen LogP contribution in [-0.2, 0) is 4.74 Å². The van der Waals surface area contributed by atoms with Crippen molar-refractivity contribution < 1.29 is 9.47 Å². The average molecular weight is 352 g/mol. The predicted octanol–water partition coefficient (Wildman–Crippen LogP) is 2.78. The van der Waals surface area contributed by atoms with E-state index in [1.165, 1.54) is 0 Å². The first-order chi connectivity index (χ1) is 12.8. The summed E-state index contributed by atoms with van der Waals surface area (Å²) in [6.07, 6.45) is 1.86. The average Bonchev–Trinajstić information content (AvgIpc) is 3.14. The molecule has 1 aliphatic heterocycles. The van der Waals surface area contributed by atoms with Crippen LogP contribution in [0.15, 0.2) is 48.8 Å². The van der Waals surface area contributed by atoms with Gasteiger partial charge in [0.15, 0.2) is 0 Å². The molecule has 6 nitrogen and oxygen atoms in total. The Hall–Kier alpha value is -2.57. The van der Waals surface area contributed by atoms with Crippen molar-refractivity contribution >= 4 is 16.7 Å². The smallest absolute Gasteiger partial charge is 0.145 e. The van der Waals surface area contributed by atoms with E-state index in [1.807, 2.05) is 31.6 Å². The van der Waals surface area contributed by atoms with Gasteiger partial charge in [-0.15, -0.1) is 0 Å². The van der Waals surface area contributed by atoms with E-state index in [4.69, 9.17) is 9.47 Å². The molecule has 0 amide bonds. The molecule has 1 N–H and O–H groups in total. The monoisotopic (exact) mass is 352 g/mol. The molecule has 1 saturated heterocycles. The number of imidazole rings is 1. The van der Waals surface area contributed by atoms with Crippen molar-refractivity contribution in [2.75, 3.05) is 51.8 Å². The quantitative estimate of drug-likeness (QED) is 0.739. The van der Waals surface area contributed by atoms with E-state index >= 15 is 0 Å². The number of ether oxygens (including phenoxy) is 2. The van der Waals surface area contributed by atoms with Crippen LogP contribution in [0.1, 0.15) is 0 Å². The van der Waals surface area contributed by atoms with E-state index in [-0.39, 0.29) is 0 Å². The Morgan fingerprint density at radius 1 is 1.12 bits per heavy atom. The van der Waals surface area contributed by atoms with E-state index in [0.717, 1.165) is 61.0 Å². The molecule has 0 aliphatic carbocycles. The molecular weight excluding hydrogens is 328 g/mol. The fourth-order valence-electron chi connectivity index (χ4n) is 3.25. The van der Waals surface area contributed by atoms with E-state index in [9.17, 15) is 0 Å². The Bertz CT molecular complexity index is 854. The van der Waals surface area contributed by atoms with Gasteiger partial charge in [-0.2, -0.15) is 0 Å². The molecule has 3 aromatic rings. The van der Waals surface area contributed by atoms with Crippen LogP contribution in [0.5, 0.6) is 5.75 Å². The Balaban J connectivity index is 1.55. The molecule has 0 unspecified atom stereocenters. The first-order valence-electron chi connectivity index (χ1n) is 9.02. The lowest BCUT2D eigenvalue weighted by Crippen LogP contribution is -2.38. The summed E-state index contributed by atoms with van der Waals surface area (Å²) >= 11 is 0. The van der Waals surface area contributed by atoms with Gasteiger partial charge in [-0.3, -0.25) is 9.47 Å². The number of benzene rings is 2. The van der Waals surface area contributed by atoms with Crippen molar-refractivity contribution in [3.8, 4) is 11.4 Å². The lowest BCUT2D eigenvalue weighted by atomic mass is 10.2. The summed E-state index contributed by atoms with van der Waals surface area (Å²) in [7, 11) is 1.92. The van der Waals surface area contributed by atoms with Gasteiger partial charge in [0.25, 0.3) is 0 Å². The minimum Gasteiger partial charge on any atom is -0.490 e. The van der Waals surface area contributed by atoms with E-state index in [2.05, 4.69) is 44.0 Å². The summed E-state index contributed by atoms with van der Waals surface area (Å²) in [4.78, 5) is 6.91. The summed E-state index contributed by atoms with van der Waals surface area (Å²) in [5.41, 5.74) is 4.09. The Labute approximate surface area is 153 Å². The largest absolute Gasteiger partial charge is 0.490 e. The van der Waals surface area contributed by atoms with E-state index in [1.54, 1.807) is 0 Å². The summed E-state index contributed by atoms with van der Waals surface area (Å²) in [6, 6.07) is 14.3. The SMILES string of the molecule is CNc1ccc(-n2cnc3cccc(OCCN4CCOCC4)c32)cc1. The fraction of sp³-hybridized carbons (Fsp3) is 0.350. The van der Waals surface area contributed by atoms with Crippen LogP contribution in [0.4, 0.5) is 5.69 Å². The maximum atomic E-state index is 6.13. The molecule has 1 aliphatic rings. The molecule has 1 aromatic heterocycles. The molecule has 4 rings (SSSR count). The third kappa shape index (κ3) is 3.52. The zero-order valence-corrected chi connectivity index (χ0v) is 15.0. The van der Waals surface area contributed by atoms with E-state index < -0.39 is 0 Å². The van der Waals surface area contributed by atoms with Gasteiger partial charge in [-0.05, 0) is 36.4 Å². The minimum atomic E-state index is 0.656. The highest BCUT2D eigenvalue weighted by molar-refractivity contribution is 5.83. The molecule has 2 aromatic carbocycles. The number of para-hydroxylation sites is 1. The number of rotatable bonds is 6. The molecule has 26 heavy (non-hydrogen) atoms. The van der Waals surface area contributed by atoms with Gasteiger partial charge in [0.05, 0.1) is 18.7 Å². The van der Waals surface area contributed by atoms with Crippen LogP contribution in [0.25, 0.3) is 16.7 Å². The summed E-state index contributed by atoms with van der Waals surface area (Å²) < 4.78 is 13.6. The molecule has 0 atom stereocenters. The standard InChI is InChI=1S/C20H24N4O2/c1-21-16-5-7-17(8-6-16)24-15-22-18-3-2-4-19(20(18)24)26-14-11-23-9-12-25-13-10-23/h2-8,15,21H,9-14H2,1H3. The molecule has 2 heterocycles. The van der Waals surface area contributed by atoms with Crippen molar-refractivity contribution in [2.24, 2.45) is 0 Å². The van der Waals surface area contributed by atoms with Crippen LogP contribution < -0.4 is 10.1 Å². The first-order valence-corrected chi connectivity index (χ1v) is 9.02. The predicted molar refractivity (Wildman–Crippen MR) is 103 cm³/mol. The van der Waals surface area contributed by atoms with Crippen LogP contribution in [-0.4, -0.2) is 61.0 Å². The number of nitrogens with zero attached hydrogens (tertiary/aromatic N) is 3. The molecule has 1 fully saturated rings. The summed E-state index contributed by atoms with van der Waals surface area (Å²) in [5.74, 6) is 0.867. The zero-order chi connectivity index (χ0) is 17.8. The number of anilines is 1. The number of nitrogens with one attached hydrogen (secondary N) is 1. The minimum absolute atomic E-state index is 0.656. The Morgan fingerprint density at radius 3 is 2.69 bits per heavy atom. The Morgan fingerprint density at radius 2 is 1.92 bits per heavy atom. The molecular formula is C20H24N4O2. The van der Waals surface area contributed by atoms with Gasteiger partial charge in [0.2, 0.25) is 0 Å². The van der Waals surface area contributed by atoms with E-state index in [0.29, 0.717) is 6.61 Å². The van der Waals surface area contributed by atoms with Crippen molar-refractivity contribution in [3.05, 3.63) is 48.8 Å². The van der Waals surface area contributed by atoms with Crippen LogP contribution in [0.3, 0.4) is 0 Å². The second kappa shape index (κ2) is 7.76. The normalized spacial score (nSPS) is 15.3. The Kier molecular flexibility index (Phi) is 5.04. The van der Waals surface area contributed by atoms with Gasteiger partial charge in [-0.25, -0.2) is 4.98 Å². The first kappa shape index (κ1) is 16.9. The highest BCUT2D eigenvalue weighted by Gasteiger charge is 2.13. The molecule has 6 heteroatoms. The molecule has 0 saturated carbocycles. The topological polar surface area (TPSA) is 51.5 Å².